The van der Waals surface area contributed by atoms with E-state index in [1.165, 1.54) is 7.11 Å². The number of nitrogens with zero attached hydrogens (tertiary/aromatic N) is 2. The summed E-state index contributed by atoms with van der Waals surface area (Å²) in [6, 6.07) is 14.3. The van der Waals surface area contributed by atoms with Crippen molar-refractivity contribution in [3.63, 3.8) is 0 Å². The van der Waals surface area contributed by atoms with Gasteiger partial charge in [0.25, 0.3) is 5.91 Å². The highest BCUT2D eigenvalue weighted by Gasteiger charge is 2.22. The molecule has 2 aromatic heterocycles. The number of nitrogens with one attached hydrogen (secondary N) is 1. The number of amides is 1. The fraction of sp³-hybridized carbons (Fsp3) is 0.250. The van der Waals surface area contributed by atoms with E-state index in [0.717, 1.165) is 6.04 Å². The molecule has 0 unspecified atom stereocenters. The van der Waals surface area contributed by atoms with Gasteiger partial charge in [-0.15, -0.1) is 0 Å². The van der Waals surface area contributed by atoms with Crippen LogP contribution in [0.1, 0.15) is 26.3 Å². The molecule has 0 aliphatic rings. The molecule has 0 atom stereocenters. The summed E-state index contributed by atoms with van der Waals surface area (Å²) in [4.78, 5) is 30.8. The van der Waals surface area contributed by atoms with Gasteiger partial charge in [0.15, 0.2) is 5.78 Å². The maximum absolute atomic E-state index is 13.6. The molecule has 0 aliphatic heterocycles. The van der Waals surface area contributed by atoms with E-state index in [-0.39, 0.29) is 29.0 Å². The molecular weight excluding hydrogens is 541 g/mol. The number of fused-ring (bicyclic) bond motifs is 1. The second-order valence-corrected chi connectivity index (χ2v) is 16.5. The van der Waals surface area contributed by atoms with Crippen LogP contribution >= 0.6 is 23.2 Å². The number of carbonyl (C=O) groups excluding carboxylic acids is 2. The molecule has 0 radical (unpaired) electrons. The maximum Gasteiger partial charge on any atom is 0.259 e. The van der Waals surface area contributed by atoms with Gasteiger partial charge in [-0.3, -0.25) is 9.59 Å². The number of halogens is 2. The highest BCUT2D eigenvalue weighted by atomic mass is 35.5. The molecule has 4 rings (SSSR count). The molecule has 0 aliphatic carbocycles. The van der Waals surface area contributed by atoms with Crippen LogP contribution in [0.15, 0.2) is 60.9 Å². The number of methoxy groups -OCH3 is 1. The molecule has 0 bridgehead atoms. The van der Waals surface area contributed by atoms with E-state index in [2.05, 4.69) is 29.9 Å². The molecule has 4 aromatic rings. The summed E-state index contributed by atoms with van der Waals surface area (Å²) in [5.41, 5.74) is 2.04. The van der Waals surface area contributed by atoms with E-state index < -0.39 is 8.07 Å². The Morgan fingerprint density at radius 3 is 2.47 bits per heavy atom. The Bertz CT molecular complexity index is 1500. The molecule has 0 fully saturated rings. The van der Waals surface area contributed by atoms with Gasteiger partial charge >= 0.3 is 0 Å². The average Bonchev–Trinajstić information content (AvgIpc) is 3.25. The summed E-state index contributed by atoms with van der Waals surface area (Å²) in [5, 5.41) is 3.95. The van der Waals surface area contributed by atoms with Gasteiger partial charge in [-0.05, 0) is 42.4 Å². The molecule has 0 saturated heterocycles. The lowest BCUT2D eigenvalue weighted by molar-refractivity contribution is 0.0896. The van der Waals surface area contributed by atoms with Crippen molar-refractivity contribution in [1.29, 1.82) is 0 Å². The smallest absolute Gasteiger partial charge is 0.259 e. The molecule has 0 spiro atoms. The van der Waals surface area contributed by atoms with Crippen molar-refractivity contribution in [2.24, 2.45) is 0 Å². The molecule has 1 N–H and O–H groups in total. The van der Waals surface area contributed by atoms with E-state index in [4.69, 9.17) is 32.7 Å². The number of carbonyl (C=O) groups is 2. The van der Waals surface area contributed by atoms with E-state index >= 15 is 0 Å². The molecule has 2 heterocycles. The number of ether oxygens (including phenoxy) is 2. The first-order chi connectivity index (χ1) is 18.1. The summed E-state index contributed by atoms with van der Waals surface area (Å²) in [7, 11) is 0.269. The van der Waals surface area contributed by atoms with Gasteiger partial charge in [-0.1, -0.05) is 55.0 Å². The second kappa shape index (κ2) is 11.7. The Morgan fingerprint density at radius 1 is 1.00 bits per heavy atom. The van der Waals surface area contributed by atoms with Crippen molar-refractivity contribution in [1.82, 2.24) is 9.55 Å². The summed E-state index contributed by atoms with van der Waals surface area (Å²) in [5.74, 6) is -0.208. The third-order valence-electron chi connectivity index (χ3n) is 6.00. The van der Waals surface area contributed by atoms with Crippen LogP contribution in [-0.2, 0) is 11.5 Å². The van der Waals surface area contributed by atoms with Crippen molar-refractivity contribution < 1.29 is 19.1 Å². The molecule has 0 saturated carbocycles. The monoisotopic (exact) mass is 569 g/mol. The number of anilines is 1. The Hall–Kier alpha value is -3.17. The van der Waals surface area contributed by atoms with Gasteiger partial charge in [-0.25, -0.2) is 4.98 Å². The fourth-order valence-electron chi connectivity index (χ4n) is 3.94. The molecule has 1 amide bonds. The maximum atomic E-state index is 13.6. The Morgan fingerprint density at radius 2 is 1.76 bits per heavy atom. The number of pyridine rings is 1. The SMILES string of the molecule is COc1ccccc1C(=O)Nc1ccc(C(=O)c2cn(COCC[Si](C)(C)C)c3nccc(Cl)c23)c(Cl)c1. The van der Waals surface area contributed by atoms with E-state index in [1.807, 2.05) is 0 Å². The molecule has 7 nitrogen and oxygen atoms in total. The average molecular weight is 571 g/mol. The number of hydrogen-bond donors (Lipinski definition) is 1. The molecule has 198 valence electrons. The lowest BCUT2D eigenvalue weighted by Crippen LogP contribution is -2.22. The number of aromatic nitrogens is 2. The van der Waals surface area contributed by atoms with Gasteiger partial charge in [0.05, 0.1) is 28.3 Å². The number of ketones is 1. The lowest BCUT2D eigenvalue weighted by Gasteiger charge is -2.15. The van der Waals surface area contributed by atoms with Gasteiger partial charge in [0.1, 0.15) is 18.1 Å². The van der Waals surface area contributed by atoms with Gasteiger partial charge < -0.3 is 19.4 Å². The van der Waals surface area contributed by atoms with Crippen LogP contribution < -0.4 is 10.1 Å². The topological polar surface area (TPSA) is 82.5 Å². The quantitative estimate of drug-likeness (QED) is 0.124. The highest BCUT2D eigenvalue weighted by molar-refractivity contribution is 6.76. The zero-order valence-corrected chi connectivity index (χ0v) is 24.2. The largest absolute Gasteiger partial charge is 0.496 e. The van der Waals surface area contributed by atoms with Crippen molar-refractivity contribution in [2.45, 2.75) is 32.4 Å². The van der Waals surface area contributed by atoms with Gasteiger partial charge in [0.2, 0.25) is 0 Å². The van der Waals surface area contributed by atoms with Gasteiger partial charge in [-0.2, -0.15) is 0 Å². The first-order valence-corrected chi connectivity index (χ1v) is 16.5. The minimum atomic E-state index is -1.23. The van der Waals surface area contributed by atoms with Crippen LogP contribution in [0.4, 0.5) is 5.69 Å². The highest BCUT2D eigenvalue weighted by Crippen LogP contribution is 2.32. The van der Waals surface area contributed by atoms with Gasteiger partial charge in [0, 0.05) is 43.7 Å². The first kappa shape index (κ1) is 27.9. The Balaban J connectivity index is 1.58. The summed E-state index contributed by atoms with van der Waals surface area (Å²) in [6.07, 6.45) is 3.30. The van der Waals surface area contributed by atoms with Crippen molar-refractivity contribution in [3.05, 3.63) is 87.7 Å². The normalized spacial score (nSPS) is 11.5. The van der Waals surface area contributed by atoms with Crippen molar-refractivity contribution in [2.75, 3.05) is 19.0 Å². The van der Waals surface area contributed by atoms with E-state index in [1.54, 1.807) is 65.5 Å². The fourth-order valence-corrected chi connectivity index (χ4v) is 5.21. The minimum absolute atomic E-state index is 0.195. The molecule has 2 aromatic carbocycles. The third kappa shape index (κ3) is 6.27. The zero-order valence-electron chi connectivity index (χ0n) is 21.7. The lowest BCUT2D eigenvalue weighted by atomic mass is 10.0. The third-order valence-corrected chi connectivity index (χ3v) is 8.33. The van der Waals surface area contributed by atoms with E-state index in [0.29, 0.717) is 45.2 Å². The van der Waals surface area contributed by atoms with Crippen LogP contribution in [0.25, 0.3) is 11.0 Å². The van der Waals surface area contributed by atoms with Crippen LogP contribution in [0.3, 0.4) is 0 Å². The zero-order chi connectivity index (χ0) is 27.4. The summed E-state index contributed by atoms with van der Waals surface area (Å²) < 4.78 is 12.9. The Kier molecular flexibility index (Phi) is 8.57. The first-order valence-electron chi connectivity index (χ1n) is 12.1. The molecular formula is C28H29Cl2N3O4Si. The minimum Gasteiger partial charge on any atom is -0.496 e. The Labute approximate surface area is 232 Å². The number of para-hydroxylation sites is 1. The summed E-state index contributed by atoms with van der Waals surface area (Å²) in [6.45, 7) is 7.76. The number of hydrogen-bond acceptors (Lipinski definition) is 5. The van der Waals surface area contributed by atoms with Crippen LogP contribution in [0.5, 0.6) is 5.75 Å². The predicted molar refractivity (Wildman–Crippen MR) is 155 cm³/mol. The van der Waals surface area contributed by atoms with Crippen LogP contribution in [-0.4, -0.2) is 43.0 Å². The standard InChI is InChI=1S/C28H29Cl2N3O4Si/c1-36-24-8-6-5-7-20(24)28(35)32-18-9-10-19(23(30)15-18)26(34)21-16-33(17-37-13-14-38(2,3)4)27-25(21)22(29)11-12-31-27/h5-12,15-16H,13-14,17H2,1-4H3,(H,32,35). The predicted octanol–water partition coefficient (Wildman–Crippen LogP) is 7.15. The van der Waals surface area contributed by atoms with Crippen molar-refractivity contribution >= 4 is 59.7 Å². The van der Waals surface area contributed by atoms with Crippen LogP contribution in [0.2, 0.25) is 35.7 Å². The number of benzene rings is 2. The molecule has 38 heavy (non-hydrogen) atoms. The molecule has 10 heteroatoms. The second-order valence-electron chi connectivity index (χ2n) is 10.0. The number of rotatable bonds is 10. The van der Waals surface area contributed by atoms with E-state index in [9.17, 15) is 9.59 Å². The van der Waals surface area contributed by atoms with Crippen LogP contribution in [0, 0.1) is 0 Å². The summed E-state index contributed by atoms with van der Waals surface area (Å²) >= 11 is 13.0. The van der Waals surface area contributed by atoms with Crippen molar-refractivity contribution in [3.8, 4) is 5.75 Å².